The van der Waals surface area contributed by atoms with Crippen LogP contribution in [0.4, 0.5) is 5.69 Å². The number of nitrogens with zero attached hydrogens (tertiary/aromatic N) is 2. The Bertz CT molecular complexity index is 1210. The minimum absolute atomic E-state index is 0.0322. The van der Waals surface area contributed by atoms with Gasteiger partial charge in [-0.1, -0.05) is 54.6 Å². The van der Waals surface area contributed by atoms with Crippen LogP contribution in [0.5, 0.6) is 0 Å². The Morgan fingerprint density at radius 3 is 2.53 bits per heavy atom. The van der Waals surface area contributed by atoms with Crippen molar-refractivity contribution in [2.24, 2.45) is 4.99 Å². The highest BCUT2D eigenvalue weighted by molar-refractivity contribution is 6.21. The molecule has 0 radical (unpaired) electrons. The van der Waals surface area contributed by atoms with Crippen molar-refractivity contribution in [1.82, 2.24) is 5.32 Å². The summed E-state index contributed by atoms with van der Waals surface area (Å²) in [4.78, 5) is 37.1. The fourth-order valence-corrected chi connectivity index (χ4v) is 4.29. The van der Waals surface area contributed by atoms with Crippen LogP contribution < -0.4 is 10.2 Å². The van der Waals surface area contributed by atoms with Gasteiger partial charge in [-0.2, -0.15) is 0 Å². The lowest BCUT2D eigenvalue weighted by Crippen LogP contribution is -2.46. The van der Waals surface area contributed by atoms with E-state index in [4.69, 9.17) is 10.2 Å². The van der Waals surface area contributed by atoms with Gasteiger partial charge in [0, 0.05) is 23.2 Å². The van der Waals surface area contributed by atoms with E-state index in [1.807, 2.05) is 48.5 Å². The summed E-state index contributed by atoms with van der Waals surface area (Å²) in [6.45, 7) is 0.532. The number of amides is 2. The predicted octanol–water partition coefficient (Wildman–Crippen LogP) is 3.17. The second-order valence-electron chi connectivity index (χ2n) is 7.75. The van der Waals surface area contributed by atoms with Crippen molar-refractivity contribution < 1.29 is 19.7 Å². The first-order valence-corrected chi connectivity index (χ1v) is 10.4. The largest absolute Gasteiger partial charge is 0.322 e. The fraction of sp³-hybridized carbons (Fsp3) is 0.160. The third-order valence-electron chi connectivity index (χ3n) is 5.72. The molecule has 2 heterocycles. The van der Waals surface area contributed by atoms with E-state index in [-0.39, 0.29) is 18.4 Å². The van der Waals surface area contributed by atoms with E-state index in [1.165, 1.54) is 0 Å². The van der Waals surface area contributed by atoms with E-state index < -0.39 is 6.17 Å². The molecule has 2 aliphatic heterocycles. The van der Waals surface area contributed by atoms with Crippen LogP contribution in [0.1, 0.15) is 32.6 Å². The lowest BCUT2D eigenvalue weighted by molar-refractivity contribution is -0.253. The molecule has 0 aliphatic carbocycles. The summed E-state index contributed by atoms with van der Waals surface area (Å²) in [6, 6.07) is 22.2. The highest BCUT2D eigenvalue weighted by atomic mass is 17.1. The number of anilines is 1. The van der Waals surface area contributed by atoms with E-state index in [0.717, 1.165) is 27.9 Å². The Labute approximate surface area is 184 Å². The Morgan fingerprint density at radius 2 is 1.81 bits per heavy atom. The summed E-state index contributed by atoms with van der Waals surface area (Å²) in [6.07, 6.45) is -0.386. The average molecular weight is 427 g/mol. The predicted molar refractivity (Wildman–Crippen MR) is 120 cm³/mol. The zero-order valence-corrected chi connectivity index (χ0v) is 17.2. The van der Waals surface area contributed by atoms with Gasteiger partial charge in [0.15, 0.2) is 0 Å². The highest BCUT2D eigenvalue weighted by Crippen LogP contribution is 2.37. The first-order valence-electron chi connectivity index (χ1n) is 10.4. The monoisotopic (exact) mass is 427 g/mol. The van der Waals surface area contributed by atoms with Gasteiger partial charge in [0.1, 0.15) is 6.61 Å². The van der Waals surface area contributed by atoms with Gasteiger partial charge in [-0.15, -0.1) is 0 Å². The van der Waals surface area contributed by atoms with E-state index in [0.29, 0.717) is 24.2 Å². The first kappa shape index (κ1) is 20.1. The molecule has 0 spiro atoms. The molecule has 0 fully saturated rings. The molecule has 160 valence electrons. The van der Waals surface area contributed by atoms with Crippen LogP contribution in [0.3, 0.4) is 0 Å². The van der Waals surface area contributed by atoms with E-state index in [1.54, 1.807) is 29.2 Å². The van der Waals surface area contributed by atoms with Gasteiger partial charge in [-0.05, 0) is 35.7 Å². The molecule has 3 aromatic carbocycles. The Balaban J connectivity index is 1.64. The van der Waals surface area contributed by atoms with Crippen LogP contribution in [0, 0.1) is 0 Å². The van der Waals surface area contributed by atoms with Gasteiger partial charge in [0.2, 0.25) is 6.17 Å². The van der Waals surface area contributed by atoms with Gasteiger partial charge in [0.05, 0.1) is 11.4 Å². The van der Waals surface area contributed by atoms with Crippen LogP contribution in [-0.4, -0.2) is 35.5 Å². The fourth-order valence-electron chi connectivity index (χ4n) is 4.29. The maximum Gasteiger partial charge on any atom is 0.272 e. The van der Waals surface area contributed by atoms with Crippen LogP contribution in [0.2, 0.25) is 0 Å². The Hall–Kier alpha value is -3.81. The van der Waals surface area contributed by atoms with Crippen molar-refractivity contribution in [3.05, 3.63) is 101 Å². The van der Waals surface area contributed by atoms with Gasteiger partial charge in [-0.25, -0.2) is 9.88 Å². The first-order chi connectivity index (χ1) is 15.7. The molecule has 5 rings (SSSR count). The minimum atomic E-state index is -1.06. The van der Waals surface area contributed by atoms with Crippen molar-refractivity contribution >= 4 is 23.2 Å². The number of carbonyl (C=O) groups is 2. The van der Waals surface area contributed by atoms with Gasteiger partial charge in [-0.3, -0.25) is 14.8 Å². The topological polar surface area (TPSA) is 91.2 Å². The standard InChI is InChI=1S/C25H21N3O4/c29-24(18-9-5-2-6-10-18)27-23-25(30)28-12-11-19-13-16(15-32-31)14-20(22(19)28)21(26-23)17-7-3-1-4-8-17/h1-10,13-14,23,31H,11-12,15H2,(H,27,29). The van der Waals surface area contributed by atoms with Crippen LogP contribution >= 0.6 is 0 Å². The summed E-state index contributed by atoms with van der Waals surface area (Å²) < 4.78 is 0. The highest BCUT2D eigenvalue weighted by Gasteiger charge is 2.37. The molecule has 2 amide bonds. The second kappa shape index (κ2) is 8.37. The van der Waals surface area contributed by atoms with Gasteiger partial charge < -0.3 is 10.2 Å². The van der Waals surface area contributed by atoms with E-state index in [2.05, 4.69) is 10.2 Å². The molecule has 2 N–H and O–H groups in total. The quantitative estimate of drug-likeness (QED) is 0.483. The number of benzene rings is 3. The summed E-state index contributed by atoms with van der Waals surface area (Å²) >= 11 is 0. The molecular formula is C25H21N3O4. The molecule has 0 saturated carbocycles. The maximum atomic E-state index is 13.5. The van der Waals surface area contributed by atoms with Gasteiger partial charge >= 0.3 is 0 Å². The molecule has 0 aromatic heterocycles. The van der Waals surface area contributed by atoms with Crippen LogP contribution in [0.25, 0.3) is 0 Å². The van der Waals surface area contributed by atoms with E-state index in [9.17, 15) is 9.59 Å². The number of rotatable bonds is 5. The van der Waals surface area contributed by atoms with Crippen molar-refractivity contribution in [2.45, 2.75) is 19.2 Å². The smallest absolute Gasteiger partial charge is 0.272 e. The molecular weight excluding hydrogens is 406 g/mol. The Morgan fingerprint density at radius 1 is 1.09 bits per heavy atom. The summed E-state index contributed by atoms with van der Waals surface area (Å²) in [5, 5.41) is 11.8. The Kier molecular flexibility index (Phi) is 5.26. The van der Waals surface area contributed by atoms with Crippen molar-refractivity contribution in [1.29, 1.82) is 0 Å². The molecule has 0 bridgehead atoms. The molecule has 2 aliphatic rings. The number of carbonyl (C=O) groups excluding carboxylic acids is 2. The van der Waals surface area contributed by atoms with Gasteiger partial charge in [0.25, 0.3) is 11.8 Å². The minimum Gasteiger partial charge on any atom is -0.322 e. The molecule has 3 aromatic rings. The number of nitrogens with one attached hydrogen (secondary N) is 1. The zero-order valence-electron chi connectivity index (χ0n) is 17.2. The summed E-state index contributed by atoms with van der Waals surface area (Å²) in [5.74, 6) is -0.633. The van der Waals surface area contributed by atoms with Crippen molar-refractivity contribution in [3.63, 3.8) is 0 Å². The summed E-state index contributed by atoms with van der Waals surface area (Å²) in [5.41, 5.74) is 5.25. The lowest BCUT2D eigenvalue weighted by atomic mass is 9.95. The molecule has 1 atom stereocenters. The molecule has 7 heteroatoms. The number of hydrogen-bond donors (Lipinski definition) is 2. The third-order valence-corrected chi connectivity index (χ3v) is 5.72. The van der Waals surface area contributed by atoms with Crippen LogP contribution in [-0.2, 0) is 22.7 Å². The summed E-state index contributed by atoms with van der Waals surface area (Å²) in [7, 11) is 0. The normalized spacial score (nSPS) is 16.9. The number of hydrogen-bond acceptors (Lipinski definition) is 5. The maximum absolute atomic E-state index is 13.5. The lowest BCUT2D eigenvalue weighted by Gasteiger charge is -2.21. The third kappa shape index (κ3) is 3.57. The van der Waals surface area contributed by atoms with Crippen molar-refractivity contribution in [2.75, 3.05) is 11.4 Å². The second-order valence-corrected chi connectivity index (χ2v) is 7.75. The molecule has 7 nitrogen and oxygen atoms in total. The van der Waals surface area contributed by atoms with Crippen molar-refractivity contribution in [3.8, 4) is 0 Å². The molecule has 1 unspecified atom stereocenters. The molecule has 32 heavy (non-hydrogen) atoms. The zero-order chi connectivity index (χ0) is 22.1. The SMILES string of the molecule is O=C(NC1N=C(c2ccccc2)c2cc(COO)cc3c2N(CC3)C1=O)c1ccccc1. The molecule has 0 saturated heterocycles. The number of aliphatic imine (C=N–C) groups is 1. The average Bonchev–Trinajstić information content (AvgIpc) is 3.21. The van der Waals surface area contributed by atoms with Crippen LogP contribution in [0.15, 0.2) is 77.8 Å². The van der Waals surface area contributed by atoms with E-state index >= 15 is 0 Å².